The van der Waals surface area contributed by atoms with E-state index in [1.807, 2.05) is 0 Å². The number of unbranched alkanes of at least 4 members (excludes halogenated alkanes) is 1. The molecule has 1 rings (SSSR count). The van der Waals surface area contributed by atoms with Crippen LogP contribution < -0.4 is 0 Å². The number of rotatable bonds is 2. The van der Waals surface area contributed by atoms with Crippen LogP contribution in [0.2, 0.25) is 0 Å². The fraction of sp³-hybridized carbons (Fsp3) is 0.333. The Morgan fingerprint density at radius 1 is 1.27 bits per heavy atom. The Morgan fingerprint density at radius 2 is 2.00 bits per heavy atom. The average molecular weight is 210 g/mol. The summed E-state index contributed by atoms with van der Waals surface area (Å²) in [6.07, 6.45) is 1.02. The lowest BCUT2D eigenvalue weighted by molar-refractivity contribution is 0.290. The predicted octanol–water partition coefficient (Wildman–Crippen LogP) is 2.40. The summed E-state index contributed by atoms with van der Waals surface area (Å²) >= 11 is 0. The minimum absolute atomic E-state index is 0.0550. The quantitative estimate of drug-likeness (QED) is 0.587. The lowest BCUT2D eigenvalue weighted by Gasteiger charge is -1.98. The Labute approximate surface area is 87.7 Å². The zero-order valence-electron chi connectivity index (χ0n) is 8.48. The van der Waals surface area contributed by atoms with Crippen LogP contribution in [-0.4, -0.2) is 11.7 Å². The van der Waals surface area contributed by atoms with Crippen molar-refractivity contribution in [2.45, 2.75) is 19.8 Å². The molecule has 1 aromatic carbocycles. The van der Waals surface area contributed by atoms with Gasteiger partial charge < -0.3 is 5.11 Å². The van der Waals surface area contributed by atoms with E-state index in [4.69, 9.17) is 5.11 Å². The highest BCUT2D eigenvalue weighted by atomic mass is 19.1. The van der Waals surface area contributed by atoms with Crippen LogP contribution in [0.15, 0.2) is 12.1 Å². The third kappa shape index (κ3) is 3.34. The van der Waals surface area contributed by atoms with Gasteiger partial charge in [-0.3, -0.25) is 0 Å². The summed E-state index contributed by atoms with van der Waals surface area (Å²) in [5.74, 6) is 4.25. The van der Waals surface area contributed by atoms with Gasteiger partial charge in [0.05, 0.1) is 5.56 Å². The number of aliphatic hydroxyl groups excluding tert-OH is 1. The van der Waals surface area contributed by atoms with Gasteiger partial charge in [-0.25, -0.2) is 8.78 Å². The maximum Gasteiger partial charge on any atom is 0.139 e. The summed E-state index contributed by atoms with van der Waals surface area (Å²) in [5, 5.41) is 8.50. The molecule has 0 unspecified atom stereocenters. The number of benzene rings is 1. The van der Waals surface area contributed by atoms with Crippen LogP contribution in [0.4, 0.5) is 8.78 Å². The van der Waals surface area contributed by atoms with Crippen LogP contribution in [-0.2, 0) is 0 Å². The summed E-state index contributed by atoms with van der Waals surface area (Å²) in [5.41, 5.74) is 0.337. The van der Waals surface area contributed by atoms with Crippen molar-refractivity contribution in [2.24, 2.45) is 0 Å². The van der Waals surface area contributed by atoms with Crippen molar-refractivity contribution < 1.29 is 13.9 Å². The van der Waals surface area contributed by atoms with Gasteiger partial charge in [-0.2, -0.15) is 0 Å². The van der Waals surface area contributed by atoms with Crippen molar-refractivity contribution in [1.82, 2.24) is 0 Å². The summed E-state index contributed by atoms with van der Waals surface area (Å²) in [4.78, 5) is 0. The van der Waals surface area contributed by atoms with E-state index in [0.29, 0.717) is 12.8 Å². The lowest BCUT2D eigenvalue weighted by Crippen LogP contribution is -1.90. The molecule has 0 bridgehead atoms. The zero-order chi connectivity index (χ0) is 11.3. The van der Waals surface area contributed by atoms with Crippen molar-refractivity contribution >= 4 is 0 Å². The number of hydrogen-bond donors (Lipinski definition) is 1. The van der Waals surface area contributed by atoms with Crippen LogP contribution in [0.25, 0.3) is 0 Å². The zero-order valence-corrected chi connectivity index (χ0v) is 8.48. The molecule has 3 heteroatoms. The molecule has 80 valence electrons. The fourth-order valence-corrected chi connectivity index (χ4v) is 1.07. The molecule has 0 amide bonds. The highest BCUT2D eigenvalue weighted by molar-refractivity contribution is 5.38. The van der Waals surface area contributed by atoms with E-state index in [1.54, 1.807) is 0 Å². The van der Waals surface area contributed by atoms with E-state index >= 15 is 0 Å². The van der Waals surface area contributed by atoms with Gasteiger partial charge in [0.1, 0.15) is 11.6 Å². The standard InChI is InChI=1S/C12H12F2O/c1-9-7-12(14)10(8-11(9)13)5-3-2-4-6-15/h7-8,15H,2,4,6H2,1H3. The van der Waals surface area contributed by atoms with Gasteiger partial charge in [-0.1, -0.05) is 11.8 Å². The predicted molar refractivity (Wildman–Crippen MR) is 54.3 cm³/mol. The van der Waals surface area contributed by atoms with Gasteiger partial charge in [-0.15, -0.1) is 0 Å². The van der Waals surface area contributed by atoms with Gasteiger partial charge in [0.15, 0.2) is 0 Å². The molecule has 0 aromatic heterocycles. The minimum Gasteiger partial charge on any atom is -0.396 e. The van der Waals surface area contributed by atoms with Crippen molar-refractivity contribution in [3.63, 3.8) is 0 Å². The number of aliphatic hydroxyl groups is 1. The van der Waals surface area contributed by atoms with Gasteiger partial charge in [0.2, 0.25) is 0 Å². The first-order chi connectivity index (χ1) is 7.15. The molecule has 0 spiro atoms. The molecular weight excluding hydrogens is 198 g/mol. The first-order valence-electron chi connectivity index (χ1n) is 4.70. The molecule has 1 nitrogen and oxygen atoms in total. The van der Waals surface area contributed by atoms with Crippen molar-refractivity contribution in [1.29, 1.82) is 0 Å². The van der Waals surface area contributed by atoms with E-state index in [-0.39, 0.29) is 17.7 Å². The van der Waals surface area contributed by atoms with E-state index in [9.17, 15) is 8.78 Å². The molecule has 0 aliphatic carbocycles. The SMILES string of the molecule is Cc1cc(F)c(C#CCCCO)cc1F. The fourth-order valence-electron chi connectivity index (χ4n) is 1.07. The van der Waals surface area contributed by atoms with E-state index in [2.05, 4.69) is 11.8 Å². The summed E-state index contributed by atoms with van der Waals surface area (Å²) in [6.45, 7) is 1.56. The van der Waals surface area contributed by atoms with Gasteiger partial charge in [-0.05, 0) is 31.0 Å². The number of halogens is 2. The van der Waals surface area contributed by atoms with E-state index in [0.717, 1.165) is 12.1 Å². The smallest absolute Gasteiger partial charge is 0.139 e. The Morgan fingerprint density at radius 3 is 2.67 bits per heavy atom. The molecule has 1 N–H and O–H groups in total. The van der Waals surface area contributed by atoms with Crippen LogP contribution >= 0.6 is 0 Å². The largest absolute Gasteiger partial charge is 0.396 e. The Kier molecular flexibility index (Phi) is 4.26. The molecule has 0 aliphatic rings. The topological polar surface area (TPSA) is 20.2 Å². The number of aryl methyl sites for hydroxylation is 1. The molecule has 0 radical (unpaired) electrons. The van der Waals surface area contributed by atoms with Crippen LogP contribution in [0.1, 0.15) is 24.0 Å². The first kappa shape index (κ1) is 11.7. The number of hydrogen-bond acceptors (Lipinski definition) is 1. The molecule has 0 saturated heterocycles. The summed E-state index contributed by atoms with van der Waals surface area (Å²) < 4.78 is 26.3. The third-order valence-electron chi connectivity index (χ3n) is 1.93. The van der Waals surface area contributed by atoms with Crippen molar-refractivity contribution in [2.75, 3.05) is 6.61 Å². The molecule has 0 fully saturated rings. The second-order valence-electron chi connectivity index (χ2n) is 3.21. The van der Waals surface area contributed by atoms with Crippen LogP contribution in [0.5, 0.6) is 0 Å². The molecule has 0 heterocycles. The lowest BCUT2D eigenvalue weighted by atomic mass is 10.1. The van der Waals surface area contributed by atoms with Crippen molar-refractivity contribution in [3.8, 4) is 11.8 Å². The Bertz CT molecular complexity index is 402. The van der Waals surface area contributed by atoms with Gasteiger partial charge >= 0.3 is 0 Å². The average Bonchev–Trinajstić information content (AvgIpc) is 2.20. The van der Waals surface area contributed by atoms with Crippen molar-refractivity contribution in [3.05, 3.63) is 34.9 Å². The monoisotopic (exact) mass is 210 g/mol. The van der Waals surface area contributed by atoms with Gasteiger partial charge in [0, 0.05) is 13.0 Å². The Balaban J connectivity index is 2.84. The molecule has 0 saturated carbocycles. The third-order valence-corrected chi connectivity index (χ3v) is 1.93. The molecule has 0 aliphatic heterocycles. The van der Waals surface area contributed by atoms with Gasteiger partial charge in [0.25, 0.3) is 0 Å². The molecular formula is C12H12F2O. The maximum atomic E-state index is 13.2. The maximum absolute atomic E-state index is 13.2. The highest BCUT2D eigenvalue weighted by Crippen LogP contribution is 2.12. The summed E-state index contributed by atoms with van der Waals surface area (Å²) in [6, 6.07) is 2.22. The molecule has 15 heavy (non-hydrogen) atoms. The molecule has 0 atom stereocenters. The second kappa shape index (κ2) is 5.47. The molecule has 1 aromatic rings. The summed E-state index contributed by atoms with van der Waals surface area (Å²) in [7, 11) is 0. The minimum atomic E-state index is -0.509. The van der Waals surface area contributed by atoms with E-state index in [1.165, 1.54) is 6.92 Å². The Hall–Kier alpha value is -1.40. The first-order valence-corrected chi connectivity index (χ1v) is 4.70. The highest BCUT2D eigenvalue weighted by Gasteiger charge is 2.04. The van der Waals surface area contributed by atoms with E-state index < -0.39 is 11.6 Å². The van der Waals surface area contributed by atoms with Crippen LogP contribution in [0.3, 0.4) is 0 Å². The normalized spacial score (nSPS) is 9.60. The second-order valence-corrected chi connectivity index (χ2v) is 3.21. The van der Waals surface area contributed by atoms with Crippen LogP contribution in [0, 0.1) is 30.4 Å².